The first kappa shape index (κ1) is 8.04. The van der Waals surface area contributed by atoms with E-state index in [-0.39, 0.29) is 11.8 Å². The van der Waals surface area contributed by atoms with E-state index in [1.807, 2.05) is 6.92 Å². The average Bonchev–Trinajstić information content (AvgIpc) is 2.30. The van der Waals surface area contributed by atoms with Crippen molar-refractivity contribution < 1.29 is 14.7 Å². The molecule has 0 aliphatic carbocycles. The van der Waals surface area contributed by atoms with Crippen LogP contribution in [0.5, 0.6) is 0 Å². The summed E-state index contributed by atoms with van der Waals surface area (Å²) in [6, 6.07) is 0. The monoisotopic (exact) mass is 157 g/mol. The van der Waals surface area contributed by atoms with Gasteiger partial charge in [0.05, 0.1) is 0 Å². The van der Waals surface area contributed by atoms with Crippen LogP contribution in [0.3, 0.4) is 0 Å². The van der Waals surface area contributed by atoms with Crippen molar-refractivity contribution in [2.45, 2.75) is 13.3 Å². The maximum absolute atomic E-state index is 10.9. The predicted octanol–water partition coefficient (Wildman–Crippen LogP) is -0.157. The van der Waals surface area contributed by atoms with Crippen LogP contribution in [0.2, 0.25) is 0 Å². The second-order valence-corrected chi connectivity index (χ2v) is 2.73. The normalized spacial score (nSPS) is 30.1. The highest BCUT2D eigenvalue weighted by Gasteiger charge is 2.38. The van der Waals surface area contributed by atoms with Crippen LogP contribution in [-0.4, -0.2) is 23.5 Å². The third kappa shape index (κ3) is 1.34. The lowest BCUT2D eigenvalue weighted by Gasteiger charge is -2.08. The third-order valence-corrected chi connectivity index (χ3v) is 2.08. The van der Waals surface area contributed by atoms with Gasteiger partial charge in [-0.3, -0.25) is 9.59 Å². The van der Waals surface area contributed by atoms with Crippen molar-refractivity contribution in [2.75, 3.05) is 6.54 Å². The molecule has 2 N–H and O–H groups in total. The minimum absolute atomic E-state index is 0.0278. The highest BCUT2D eigenvalue weighted by atomic mass is 16.4. The van der Waals surface area contributed by atoms with Crippen LogP contribution in [0.1, 0.15) is 13.3 Å². The molecule has 4 heteroatoms. The Morgan fingerprint density at radius 1 is 1.82 bits per heavy atom. The Labute approximate surface area is 64.6 Å². The molecule has 11 heavy (non-hydrogen) atoms. The summed E-state index contributed by atoms with van der Waals surface area (Å²) in [7, 11) is 0. The van der Waals surface area contributed by atoms with Crippen LogP contribution in [0.25, 0.3) is 0 Å². The number of hydrogen-bond donors (Lipinski definition) is 2. The summed E-state index contributed by atoms with van der Waals surface area (Å²) in [4.78, 5) is 21.4. The largest absolute Gasteiger partial charge is 0.481 e. The van der Waals surface area contributed by atoms with Gasteiger partial charge in [-0.25, -0.2) is 0 Å². The van der Waals surface area contributed by atoms with Crippen molar-refractivity contribution in [1.82, 2.24) is 5.32 Å². The first-order valence-corrected chi connectivity index (χ1v) is 3.67. The van der Waals surface area contributed by atoms with Gasteiger partial charge >= 0.3 is 5.97 Å². The van der Waals surface area contributed by atoms with E-state index in [9.17, 15) is 9.59 Å². The Morgan fingerprint density at radius 2 is 2.45 bits per heavy atom. The molecule has 0 aromatic rings. The summed E-state index contributed by atoms with van der Waals surface area (Å²) >= 11 is 0. The number of nitrogens with one attached hydrogen (secondary N) is 1. The van der Waals surface area contributed by atoms with Gasteiger partial charge in [0.15, 0.2) is 0 Å². The maximum atomic E-state index is 10.9. The molecule has 1 amide bonds. The molecule has 0 radical (unpaired) electrons. The molecule has 62 valence electrons. The van der Waals surface area contributed by atoms with E-state index in [4.69, 9.17) is 5.11 Å². The fraction of sp³-hybridized carbons (Fsp3) is 0.714. The molecule has 1 saturated heterocycles. The van der Waals surface area contributed by atoms with Gasteiger partial charge in [0.2, 0.25) is 5.91 Å². The molecule has 1 aliphatic heterocycles. The van der Waals surface area contributed by atoms with Gasteiger partial charge in [-0.05, 0) is 5.92 Å². The van der Waals surface area contributed by atoms with Gasteiger partial charge in [-0.15, -0.1) is 0 Å². The Hall–Kier alpha value is -1.06. The molecule has 2 atom stereocenters. The van der Waals surface area contributed by atoms with E-state index < -0.39 is 11.9 Å². The molecular formula is C7H11NO3. The zero-order valence-corrected chi connectivity index (χ0v) is 6.33. The summed E-state index contributed by atoms with van der Waals surface area (Å²) < 4.78 is 0. The Bertz CT molecular complexity index is 190. The number of carbonyl (C=O) groups is 2. The number of hydrogen-bond acceptors (Lipinski definition) is 2. The van der Waals surface area contributed by atoms with E-state index in [0.717, 1.165) is 6.42 Å². The van der Waals surface area contributed by atoms with Gasteiger partial charge in [0, 0.05) is 6.54 Å². The quantitative estimate of drug-likeness (QED) is 0.547. The minimum atomic E-state index is -1.01. The number of carboxylic acid groups (broad SMARTS) is 1. The Kier molecular flexibility index (Phi) is 2.12. The van der Waals surface area contributed by atoms with Crippen molar-refractivity contribution >= 4 is 11.9 Å². The summed E-state index contributed by atoms with van der Waals surface area (Å²) in [6.45, 7) is 2.40. The van der Waals surface area contributed by atoms with Crippen LogP contribution in [0, 0.1) is 11.8 Å². The van der Waals surface area contributed by atoms with Crippen LogP contribution < -0.4 is 5.32 Å². The second-order valence-electron chi connectivity index (χ2n) is 2.73. The number of aliphatic carboxylic acids is 1. The van der Waals surface area contributed by atoms with Crippen LogP contribution in [-0.2, 0) is 9.59 Å². The number of rotatable bonds is 2. The average molecular weight is 157 g/mol. The molecule has 1 fully saturated rings. The summed E-state index contributed by atoms with van der Waals surface area (Å²) in [6.07, 6.45) is 0.732. The summed E-state index contributed by atoms with van der Waals surface area (Å²) in [5.74, 6) is -2.20. The van der Waals surface area contributed by atoms with Crippen LogP contribution >= 0.6 is 0 Å². The van der Waals surface area contributed by atoms with Crippen molar-refractivity contribution in [3.63, 3.8) is 0 Å². The molecule has 0 aromatic heterocycles. The van der Waals surface area contributed by atoms with Gasteiger partial charge in [0.1, 0.15) is 5.92 Å². The van der Waals surface area contributed by atoms with Crippen LogP contribution in [0.4, 0.5) is 0 Å². The zero-order chi connectivity index (χ0) is 8.43. The highest BCUT2D eigenvalue weighted by Crippen LogP contribution is 2.20. The molecule has 0 aromatic carbocycles. The van der Waals surface area contributed by atoms with Crippen LogP contribution in [0.15, 0.2) is 0 Å². The van der Waals surface area contributed by atoms with E-state index in [2.05, 4.69) is 5.32 Å². The number of carboxylic acids is 1. The number of carbonyl (C=O) groups excluding carboxylic acids is 1. The highest BCUT2D eigenvalue weighted by molar-refractivity contribution is 5.98. The molecule has 0 bridgehead atoms. The molecule has 0 spiro atoms. The van der Waals surface area contributed by atoms with Crippen molar-refractivity contribution in [3.8, 4) is 0 Å². The predicted molar refractivity (Wildman–Crippen MR) is 37.9 cm³/mol. The molecule has 0 unspecified atom stereocenters. The van der Waals surface area contributed by atoms with Gasteiger partial charge in [-0.1, -0.05) is 13.3 Å². The van der Waals surface area contributed by atoms with Gasteiger partial charge < -0.3 is 10.4 Å². The molecular weight excluding hydrogens is 146 g/mol. The Morgan fingerprint density at radius 3 is 2.82 bits per heavy atom. The van der Waals surface area contributed by atoms with E-state index in [0.29, 0.717) is 6.54 Å². The van der Waals surface area contributed by atoms with Gasteiger partial charge in [0.25, 0.3) is 0 Å². The minimum Gasteiger partial charge on any atom is -0.481 e. The molecule has 4 nitrogen and oxygen atoms in total. The topological polar surface area (TPSA) is 66.4 Å². The first-order valence-electron chi connectivity index (χ1n) is 3.67. The first-order chi connectivity index (χ1) is 5.16. The fourth-order valence-electron chi connectivity index (χ4n) is 1.37. The molecule has 1 rings (SSSR count). The van der Waals surface area contributed by atoms with E-state index in [1.165, 1.54) is 0 Å². The second kappa shape index (κ2) is 2.90. The maximum Gasteiger partial charge on any atom is 0.316 e. The SMILES string of the molecule is CC[C@@H]1CNC(=O)[C@@H]1C(=O)O. The van der Waals surface area contributed by atoms with Crippen molar-refractivity contribution in [1.29, 1.82) is 0 Å². The summed E-state index contributed by atoms with van der Waals surface area (Å²) in [5, 5.41) is 11.2. The smallest absolute Gasteiger partial charge is 0.316 e. The lowest BCUT2D eigenvalue weighted by molar-refractivity contribution is -0.146. The van der Waals surface area contributed by atoms with Gasteiger partial charge in [-0.2, -0.15) is 0 Å². The van der Waals surface area contributed by atoms with Crippen molar-refractivity contribution in [3.05, 3.63) is 0 Å². The van der Waals surface area contributed by atoms with E-state index in [1.54, 1.807) is 0 Å². The number of amides is 1. The van der Waals surface area contributed by atoms with Crippen molar-refractivity contribution in [2.24, 2.45) is 11.8 Å². The Balaban J connectivity index is 2.71. The third-order valence-electron chi connectivity index (χ3n) is 2.08. The van der Waals surface area contributed by atoms with E-state index >= 15 is 0 Å². The molecule has 0 saturated carbocycles. The lowest BCUT2D eigenvalue weighted by atomic mass is 9.93. The summed E-state index contributed by atoms with van der Waals surface area (Å²) in [5.41, 5.74) is 0. The fourth-order valence-corrected chi connectivity index (χ4v) is 1.37. The lowest BCUT2D eigenvalue weighted by Crippen LogP contribution is -2.27. The zero-order valence-electron chi connectivity index (χ0n) is 6.33. The molecule has 1 heterocycles. The molecule has 1 aliphatic rings. The standard InChI is InChI=1S/C7H11NO3/c1-2-4-3-8-6(9)5(4)7(10)11/h4-5H,2-3H2,1H3,(H,8,9)(H,10,11)/t4-,5-/m1/s1.